The van der Waals surface area contributed by atoms with Crippen molar-refractivity contribution in [1.29, 1.82) is 0 Å². The van der Waals surface area contributed by atoms with Gasteiger partial charge in [0.1, 0.15) is 5.67 Å². The molecule has 16 heavy (non-hydrogen) atoms. The standard InChI is InChI=1S/C15H29F/c1-12(2,3)8-9-15(10-13(4,5)6)11-14(15,7)16/h8-11H2,1-7H3. The maximum absolute atomic E-state index is 14.2. The SMILES string of the molecule is CC(C)(C)CCC1(CC(C)(C)C)CC1(C)F. The summed E-state index contributed by atoms with van der Waals surface area (Å²) in [6.07, 6.45) is 3.96. The summed E-state index contributed by atoms with van der Waals surface area (Å²) < 4.78 is 14.2. The van der Waals surface area contributed by atoms with Crippen LogP contribution in [0.5, 0.6) is 0 Å². The quantitative estimate of drug-likeness (QED) is 0.609. The van der Waals surface area contributed by atoms with Gasteiger partial charge in [-0.15, -0.1) is 0 Å². The van der Waals surface area contributed by atoms with Crippen LogP contribution < -0.4 is 0 Å². The van der Waals surface area contributed by atoms with Gasteiger partial charge in [-0.1, -0.05) is 41.5 Å². The highest BCUT2D eigenvalue weighted by atomic mass is 19.1. The lowest BCUT2D eigenvalue weighted by atomic mass is 9.76. The van der Waals surface area contributed by atoms with Gasteiger partial charge in [0, 0.05) is 5.41 Å². The lowest BCUT2D eigenvalue weighted by molar-refractivity contribution is 0.156. The number of hydrogen-bond acceptors (Lipinski definition) is 0. The first-order valence-electron chi connectivity index (χ1n) is 6.56. The zero-order chi connectivity index (χ0) is 12.8. The molecule has 0 aliphatic heterocycles. The molecule has 1 aliphatic carbocycles. The van der Waals surface area contributed by atoms with Gasteiger partial charge in [-0.25, -0.2) is 4.39 Å². The first-order chi connectivity index (χ1) is 6.87. The van der Waals surface area contributed by atoms with E-state index in [9.17, 15) is 4.39 Å². The highest BCUT2D eigenvalue weighted by Gasteiger charge is 2.65. The van der Waals surface area contributed by atoms with Crippen LogP contribution in [-0.4, -0.2) is 5.67 Å². The third-order valence-electron chi connectivity index (χ3n) is 3.87. The van der Waals surface area contributed by atoms with Crippen molar-refractivity contribution < 1.29 is 4.39 Å². The second kappa shape index (κ2) is 3.71. The molecule has 0 heterocycles. The summed E-state index contributed by atoms with van der Waals surface area (Å²) >= 11 is 0. The first kappa shape index (κ1) is 14.0. The van der Waals surface area contributed by atoms with Gasteiger partial charge in [0.05, 0.1) is 0 Å². The van der Waals surface area contributed by atoms with E-state index in [0.29, 0.717) is 5.41 Å². The van der Waals surface area contributed by atoms with Crippen LogP contribution in [0.25, 0.3) is 0 Å². The largest absolute Gasteiger partial charge is 0.244 e. The van der Waals surface area contributed by atoms with Crippen LogP contribution in [0.3, 0.4) is 0 Å². The lowest BCUT2D eigenvalue weighted by Gasteiger charge is -2.30. The molecule has 0 N–H and O–H groups in total. The van der Waals surface area contributed by atoms with Gasteiger partial charge < -0.3 is 0 Å². The van der Waals surface area contributed by atoms with Crippen molar-refractivity contribution in [3.63, 3.8) is 0 Å². The summed E-state index contributed by atoms with van der Waals surface area (Å²) in [4.78, 5) is 0. The summed E-state index contributed by atoms with van der Waals surface area (Å²) in [5.74, 6) is 0. The minimum absolute atomic E-state index is 0.0292. The van der Waals surface area contributed by atoms with Crippen LogP contribution in [0.15, 0.2) is 0 Å². The number of alkyl halides is 1. The Kier molecular flexibility index (Phi) is 3.25. The Morgan fingerprint density at radius 1 is 1.00 bits per heavy atom. The molecule has 0 radical (unpaired) electrons. The zero-order valence-corrected chi connectivity index (χ0v) is 12.2. The van der Waals surface area contributed by atoms with Gasteiger partial charge >= 0.3 is 0 Å². The molecule has 1 saturated carbocycles. The Morgan fingerprint density at radius 2 is 1.44 bits per heavy atom. The molecule has 0 bridgehead atoms. The molecule has 1 rings (SSSR count). The fourth-order valence-electron chi connectivity index (χ4n) is 2.90. The van der Waals surface area contributed by atoms with Crippen molar-refractivity contribution in [3.8, 4) is 0 Å². The number of hydrogen-bond donors (Lipinski definition) is 0. The predicted octanol–water partition coefficient (Wildman–Crippen LogP) is 5.37. The Labute approximate surface area is 101 Å². The Bertz CT molecular complexity index is 252. The highest BCUT2D eigenvalue weighted by molar-refractivity contribution is 5.14. The summed E-state index contributed by atoms with van der Waals surface area (Å²) in [7, 11) is 0. The molecule has 0 spiro atoms. The minimum Gasteiger partial charge on any atom is -0.244 e. The molecule has 0 aromatic carbocycles. The summed E-state index contributed by atoms with van der Waals surface area (Å²) in [5.41, 5.74) is -0.380. The predicted molar refractivity (Wildman–Crippen MR) is 69.3 cm³/mol. The molecule has 0 aromatic heterocycles. The molecular weight excluding hydrogens is 199 g/mol. The lowest BCUT2D eigenvalue weighted by Crippen LogP contribution is -2.22. The number of rotatable bonds is 3. The maximum atomic E-state index is 14.2. The van der Waals surface area contributed by atoms with Gasteiger partial charge in [0.25, 0.3) is 0 Å². The topological polar surface area (TPSA) is 0 Å². The fraction of sp³-hybridized carbons (Fsp3) is 1.00. The van der Waals surface area contributed by atoms with Crippen LogP contribution in [-0.2, 0) is 0 Å². The molecule has 1 heteroatoms. The van der Waals surface area contributed by atoms with E-state index >= 15 is 0 Å². The average molecular weight is 228 g/mol. The molecule has 0 nitrogen and oxygen atoms in total. The smallest absolute Gasteiger partial charge is 0.114 e. The molecule has 0 amide bonds. The second-order valence-corrected chi connectivity index (χ2v) is 8.45. The van der Waals surface area contributed by atoms with Crippen LogP contribution in [0.1, 0.15) is 74.1 Å². The van der Waals surface area contributed by atoms with E-state index in [1.54, 1.807) is 6.92 Å². The molecule has 1 aliphatic rings. The van der Waals surface area contributed by atoms with Gasteiger partial charge in [-0.3, -0.25) is 0 Å². The Morgan fingerprint density at radius 3 is 1.69 bits per heavy atom. The summed E-state index contributed by atoms with van der Waals surface area (Å²) in [6, 6.07) is 0. The highest BCUT2D eigenvalue weighted by Crippen LogP contribution is 2.66. The Hall–Kier alpha value is -0.0700. The summed E-state index contributed by atoms with van der Waals surface area (Å²) in [5, 5.41) is 0. The third kappa shape index (κ3) is 3.46. The van der Waals surface area contributed by atoms with Crippen molar-refractivity contribution in [2.24, 2.45) is 16.2 Å². The molecule has 0 aromatic rings. The first-order valence-corrected chi connectivity index (χ1v) is 6.56. The van der Waals surface area contributed by atoms with E-state index in [4.69, 9.17) is 0 Å². The fourth-order valence-corrected chi connectivity index (χ4v) is 2.90. The molecular formula is C15H29F. The average Bonchev–Trinajstić information content (AvgIpc) is 2.44. The van der Waals surface area contributed by atoms with Gasteiger partial charge in [0.15, 0.2) is 0 Å². The van der Waals surface area contributed by atoms with Crippen LogP contribution >= 0.6 is 0 Å². The van der Waals surface area contributed by atoms with E-state index in [0.717, 1.165) is 25.7 Å². The van der Waals surface area contributed by atoms with E-state index in [1.165, 1.54) is 0 Å². The number of halogens is 1. The minimum atomic E-state index is -0.911. The Balaban J connectivity index is 2.64. The van der Waals surface area contributed by atoms with Crippen molar-refractivity contribution in [3.05, 3.63) is 0 Å². The maximum Gasteiger partial charge on any atom is 0.114 e. The molecule has 96 valence electrons. The van der Waals surface area contributed by atoms with Gasteiger partial charge in [0.2, 0.25) is 0 Å². The van der Waals surface area contributed by atoms with E-state index in [1.807, 2.05) is 0 Å². The van der Waals surface area contributed by atoms with Crippen molar-refractivity contribution in [2.45, 2.75) is 79.8 Å². The zero-order valence-electron chi connectivity index (χ0n) is 12.2. The van der Waals surface area contributed by atoms with Crippen molar-refractivity contribution in [1.82, 2.24) is 0 Å². The molecule has 1 fully saturated rings. The monoisotopic (exact) mass is 228 g/mol. The molecule has 0 saturated heterocycles. The third-order valence-corrected chi connectivity index (χ3v) is 3.87. The molecule has 2 unspecified atom stereocenters. The normalized spacial score (nSPS) is 35.2. The van der Waals surface area contributed by atoms with Crippen LogP contribution in [0.2, 0.25) is 0 Å². The van der Waals surface area contributed by atoms with Crippen molar-refractivity contribution in [2.75, 3.05) is 0 Å². The van der Waals surface area contributed by atoms with E-state index < -0.39 is 5.67 Å². The van der Waals surface area contributed by atoms with Gasteiger partial charge in [-0.05, 0) is 43.4 Å². The summed E-state index contributed by atoms with van der Waals surface area (Å²) in [6.45, 7) is 15.2. The van der Waals surface area contributed by atoms with E-state index in [-0.39, 0.29) is 10.8 Å². The molecule has 2 atom stereocenters. The van der Waals surface area contributed by atoms with Crippen molar-refractivity contribution >= 4 is 0 Å². The van der Waals surface area contributed by atoms with Crippen LogP contribution in [0, 0.1) is 16.2 Å². The van der Waals surface area contributed by atoms with Crippen LogP contribution in [0.4, 0.5) is 4.39 Å². The van der Waals surface area contributed by atoms with E-state index in [2.05, 4.69) is 41.5 Å². The van der Waals surface area contributed by atoms with Gasteiger partial charge in [-0.2, -0.15) is 0 Å². The second-order valence-electron chi connectivity index (χ2n) is 8.45.